The zero-order valence-electron chi connectivity index (χ0n) is 19.5. The van der Waals surface area contributed by atoms with E-state index in [2.05, 4.69) is 25.9 Å². The Morgan fingerprint density at radius 1 is 0.857 bits per heavy atom. The van der Waals surface area contributed by atoms with Crippen molar-refractivity contribution in [3.8, 4) is 22.5 Å². The number of benzene rings is 2. The summed E-state index contributed by atoms with van der Waals surface area (Å²) in [7, 11) is -3.40. The summed E-state index contributed by atoms with van der Waals surface area (Å²) in [5.41, 5.74) is 2.77. The maximum absolute atomic E-state index is 13.4. The first kappa shape index (κ1) is 22.5. The predicted molar refractivity (Wildman–Crippen MR) is 131 cm³/mol. The molecule has 2 heterocycles. The molecule has 1 saturated heterocycles. The van der Waals surface area contributed by atoms with Crippen LogP contribution in [0.15, 0.2) is 53.4 Å². The largest absolute Gasteiger partial charge is 0.304 e. The second kappa shape index (κ2) is 8.64. The number of carbonyl (C=O) groups excluding carboxylic acids is 1. The quantitative estimate of drug-likeness (QED) is 0.560. The van der Waals surface area contributed by atoms with Crippen molar-refractivity contribution >= 4 is 15.6 Å². The van der Waals surface area contributed by atoms with Gasteiger partial charge < -0.3 is 5.32 Å². The molecule has 3 aromatic rings. The second-order valence-electron chi connectivity index (χ2n) is 10.3. The van der Waals surface area contributed by atoms with Crippen molar-refractivity contribution in [2.24, 2.45) is 11.8 Å². The lowest BCUT2D eigenvalue weighted by molar-refractivity contribution is -0.126. The van der Waals surface area contributed by atoms with Crippen LogP contribution in [0.5, 0.6) is 0 Å². The Bertz CT molecular complexity index is 1310. The van der Waals surface area contributed by atoms with Crippen molar-refractivity contribution in [2.75, 3.05) is 6.54 Å². The lowest BCUT2D eigenvalue weighted by Gasteiger charge is -2.45. The molecular formula is C26H29N5O3S. The normalized spacial score (nSPS) is 27.3. The number of nitrogens with one attached hydrogen (secondary N) is 2. The zero-order chi connectivity index (χ0) is 24.0. The Morgan fingerprint density at radius 3 is 2.09 bits per heavy atom. The first-order chi connectivity index (χ1) is 16.9. The highest BCUT2D eigenvalue weighted by molar-refractivity contribution is 7.92. The van der Waals surface area contributed by atoms with E-state index in [-0.39, 0.29) is 16.7 Å². The molecule has 2 aliphatic carbocycles. The van der Waals surface area contributed by atoms with Gasteiger partial charge in [-0.15, -0.1) is 5.10 Å². The molecule has 8 nitrogen and oxygen atoms in total. The Morgan fingerprint density at radius 2 is 1.49 bits per heavy atom. The Kier molecular flexibility index (Phi) is 5.56. The average Bonchev–Trinajstić information content (AvgIpc) is 3.59. The fourth-order valence-corrected chi connectivity index (χ4v) is 7.66. The molecular weight excluding hydrogens is 462 g/mol. The van der Waals surface area contributed by atoms with E-state index in [9.17, 15) is 13.2 Å². The van der Waals surface area contributed by atoms with Gasteiger partial charge in [-0.05, 0) is 84.6 Å². The van der Waals surface area contributed by atoms with Crippen LogP contribution in [0.1, 0.15) is 44.9 Å². The molecule has 1 unspecified atom stereocenters. The van der Waals surface area contributed by atoms with Gasteiger partial charge in [-0.25, -0.2) is 13.5 Å². The van der Waals surface area contributed by atoms with Gasteiger partial charge in [0.15, 0.2) is 15.7 Å². The zero-order valence-corrected chi connectivity index (χ0v) is 20.3. The topological polar surface area (TPSA) is 118 Å². The summed E-state index contributed by atoms with van der Waals surface area (Å²) in [6, 6.07) is 15.0. The van der Waals surface area contributed by atoms with Gasteiger partial charge in [0.05, 0.1) is 16.7 Å². The van der Waals surface area contributed by atoms with E-state index in [0.29, 0.717) is 41.8 Å². The molecule has 9 heteroatoms. The highest BCUT2D eigenvalue weighted by Crippen LogP contribution is 2.46. The Labute approximate surface area is 204 Å². The van der Waals surface area contributed by atoms with Crippen LogP contribution in [0.3, 0.4) is 0 Å². The summed E-state index contributed by atoms with van der Waals surface area (Å²) in [5.74, 6) is 1.69. The molecule has 1 spiro atoms. The molecule has 1 aliphatic heterocycles. The molecule has 3 fully saturated rings. The molecule has 6 rings (SSSR count). The highest BCUT2D eigenvalue weighted by Gasteiger charge is 2.48. The summed E-state index contributed by atoms with van der Waals surface area (Å²) < 4.78 is 26.8. The summed E-state index contributed by atoms with van der Waals surface area (Å²) in [5, 5.41) is 17.0. The second-order valence-corrected chi connectivity index (χ2v) is 12.6. The van der Waals surface area contributed by atoms with E-state index in [1.807, 2.05) is 36.4 Å². The smallest absolute Gasteiger partial charge is 0.181 e. The lowest BCUT2D eigenvalue weighted by Crippen LogP contribution is -2.57. The predicted octanol–water partition coefficient (Wildman–Crippen LogP) is 3.58. The summed E-state index contributed by atoms with van der Waals surface area (Å²) in [6.07, 6.45) is 6.13. The number of ketones is 1. The highest BCUT2D eigenvalue weighted by atomic mass is 32.2. The van der Waals surface area contributed by atoms with Crippen LogP contribution < -0.4 is 5.32 Å². The molecule has 3 aliphatic rings. The van der Waals surface area contributed by atoms with Gasteiger partial charge in [0, 0.05) is 17.0 Å². The SMILES string of the molecule is O=C1CNC2(CCC(S(=O)(=O)c3ccc(-c4ccc(-c5nnn[nH]5)cc4)cc3)CC2)CC1C1CC1. The van der Waals surface area contributed by atoms with Gasteiger partial charge in [-0.2, -0.15) is 0 Å². The maximum atomic E-state index is 13.4. The molecule has 2 saturated carbocycles. The monoisotopic (exact) mass is 491 g/mol. The van der Waals surface area contributed by atoms with E-state index in [1.54, 1.807) is 12.1 Å². The van der Waals surface area contributed by atoms with E-state index in [1.165, 1.54) is 12.8 Å². The number of nitrogens with zero attached hydrogens (tertiary/aromatic N) is 3. The van der Waals surface area contributed by atoms with E-state index in [0.717, 1.165) is 36.0 Å². The molecule has 1 atom stereocenters. The minimum atomic E-state index is -3.40. The van der Waals surface area contributed by atoms with Crippen LogP contribution in [0.25, 0.3) is 22.5 Å². The summed E-state index contributed by atoms with van der Waals surface area (Å²) in [6.45, 7) is 0.441. The summed E-state index contributed by atoms with van der Waals surface area (Å²) >= 11 is 0. The van der Waals surface area contributed by atoms with Crippen molar-refractivity contribution in [1.82, 2.24) is 25.9 Å². The van der Waals surface area contributed by atoms with Crippen molar-refractivity contribution in [2.45, 2.75) is 60.6 Å². The first-order valence-electron chi connectivity index (χ1n) is 12.4. The minimum Gasteiger partial charge on any atom is -0.304 e. The number of hydrogen-bond acceptors (Lipinski definition) is 7. The lowest BCUT2D eigenvalue weighted by atomic mass is 9.71. The standard InChI is InChI=1S/C26H29N5O3S/c32-24-16-27-26(15-23(24)19-3-4-19)13-11-22(12-14-26)35(33,34)21-9-7-18(8-10-21)17-1-5-20(6-2-17)25-28-30-31-29-25/h1-2,5-10,19,22-23,27H,3-4,11-16H2,(H,28,29,30,31). The first-order valence-corrected chi connectivity index (χ1v) is 13.9. The molecule has 182 valence electrons. The van der Waals surface area contributed by atoms with Gasteiger partial charge in [0.25, 0.3) is 0 Å². The number of aromatic amines is 1. The van der Waals surface area contributed by atoms with E-state index in [4.69, 9.17) is 0 Å². The van der Waals surface area contributed by atoms with Crippen molar-refractivity contribution in [1.29, 1.82) is 0 Å². The fourth-order valence-electron chi connectivity index (χ4n) is 5.91. The Balaban J connectivity index is 1.13. The number of sulfone groups is 1. The third-order valence-corrected chi connectivity index (χ3v) is 10.5. The van der Waals surface area contributed by atoms with Crippen molar-refractivity contribution in [3.05, 3.63) is 48.5 Å². The number of tetrazole rings is 1. The molecule has 2 aromatic carbocycles. The number of H-pyrrole nitrogens is 1. The van der Waals surface area contributed by atoms with E-state index < -0.39 is 9.84 Å². The number of aromatic nitrogens is 4. The van der Waals surface area contributed by atoms with Gasteiger partial charge in [0.1, 0.15) is 5.78 Å². The van der Waals surface area contributed by atoms with Gasteiger partial charge >= 0.3 is 0 Å². The Hall–Kier alpha value is -2.91. The van der Waals surface area contributed by atoms with E-state index >= 15 is 0 Å². The molecule has 2 N–H and O–H groups in total. The van der Waals surface area contributed by atoms with Crippen LogP contribution in [-0.4, -0.2) is 52.2 Å². The molecule has 0 bridgehead atoms. The number of Topliss-reactive ketones (excluding diaryl/α,β-unsaturated/α-hetero) is 1. The minimum absolute atomic E-state index is 0.0645. The molecule has 0 radical (unpaired) electrons. The third-order valence-electron chi connectivity index (χ3n) is 8.20. The van der Waals surface area contributed by atoms with Gasteiger partial charge in [-0.3, -0.25) is 4.79 Å². The maximum Gasteiger partial charge on any atom is 0.181 e. The summed E-state index contributed by atoms with van der Waals surface area (Å²) in [4.78, 5) is 12.7. The van der Waals surface area contributed by atoms with Crippen LogP contribution in [-0.2, 0) is 14.6 Å². The van der Waals surface area contributed by atoms with Crippen molar-refractivity contribution < 1.29 is 13.2 Å². The van der Waals surface area contributed by atoms with Crippen LogP contribution >= 0.6 is 0 Å². The average molecular weight is 492 g/mol. The fraction of sp³-hybridized carbons (Fsp3) is 0.462. The molecule has 35 heavy (non-hydrogen) atoms. The molecule has 0 amide bonds. The number of rotatable bonds is 5. The third kappa shape index (κ3) is 4.31. The number of carbonyl (C=O) groups is 1. The van der Waals surface area contributed by atoms with Crippen LogP contribution in [0, 0.1) is 11.8 Å². The number of piperidine rings is 1. The van der Waals surface area contributed by atoms with Gasteiger partial charge in [0.2, 0.25) is 0 Å². The van der Waals surface area contributed by atoms with Crippen LogP contribution in [0.2, 0.25) is 0 Å². The number of hydrogen-bond donors (Lipinski definition) is 2. The molecule has 1 aromatic heterocycles. The van der Waals surface area contributed by atoms with Crippen LogP contribution in [0.4, 0.5) is 0 Å². The van der Waals surface area contributed by atoms with Crippen molar-refractivity contribution in [3.63, 3.8) is 0 Å². The van der Waals surface area contributed by atoms with Gasteiger partial charge in [-0.1, -0.05) is 36.4 Å².